The number of hydrogen-bond acceptors (Lipinski definition) is 4. The van der Waals surface area contributed by atoms with Gasteiger partial charge in [-0.05, 0) is 37.1 Å². The quantitative estimate of drug-likeness (QED) is 0.446. The molecule has 5 nitrogen and oxygen atoms in total. The zero-order chi connectivity index (χ0) is 14.1. The Morgan fingerprint density at radius 2 is 1.84 bits per heavy atom. The molecule has 0 aliphatic carbocycles. The molecule has 0 atom stereocenters. The lowest BCUT2D eigenvalue weighted by atomic mass is 10.1. The van der Waals surface area contributed by atoms with Crippen LogP contribution < -0.4 is 11.1 Å². The van der Waals surface area contributed by atoms with Crippen LogP contribution in [-0.4, -0.2) is 25.5 Å². The molecule has 0 aliphatic rings. The highest BCUT2D eigenvalue weighted by Gasteiger charge is 2.04. The summed E-state index contributed by atoms with van der Waals surface area (Å²) in [7, 11) is 1.38. The number of benzene rings is 1. The highest BCUT2D eigenvalue weighted by molar-refractivity contribution is 5.94. The van der Waals surface area contributed by atoms with E-state index < -0.39 is 0 Å². The summed E-state index contributed by atoms with van der Waals surface area (Å²) >= 11 is 0. The highest BCUT2D eigenvalue weighted by atomic mass is 16.5. The third-order valence-corrected chi connectivity index (χ3v) is 2.74. The van der Waals surface area contributed by atoms with Crippen molar-refractivity contribution in [3.8, 4) is 0 Å². The number of carbonyl (C=O) groups is 2. The predicted molar refractivity (Wildman–Crippen MR) is 73.7 cm³/mol. The number of nitrogen functional groups attached to an aromatic ring is 1. The Hall–Kier alpha value is -2.04. The summed E-state index contributed by atoms with van der Waals surface area (Å²) in [6, 6.07) is 6.79. The molecule has 0 bridgehead atoms. The number of nitrogens with two attached hydrogens (primary N) is 1. The standard InChI is InChI=1S/C14H20N2O3/c1-19-13(17)5-3-2-4-10-16-14(18)11-6-8-12(15)9-7-11/h6-9H,2-5,10,15H2,1H3,(H,16,18). The Morgan fingerprint density at radius 3 is 2.47 bits per heavy atom. The fourth-order valence-electron chi connectivity index (χ4n) is 1.61. The summed E-state index contributed by atoms with van der Waals surface area (Å²) in [5, 5.41) is 2.82. The smallest absolute Gasteiger partial charge is 0.305 e. The number of unbranched alkanes of at least 4 members (excludes halogenated alkanes) is 2. The second-order valence-electron chi connectivity index (χ2n) is 4.26. The van der Waals surface area contributed by atoms with Crippen LogP contribution in [0.25, 0.3) is 0 Å². The number of hydrogen-bond donors (Lipinski definition) is 2. The minimum atomic E-state index is -0.189. The van der Waals surface area contributed by atoms with Gasteiger partial charge in [0.15, 0.2) is 0 Å². The van der Waals surface area contributed by atoms with Crippen LogP contribution in [0.5, 0.6) is 0 Å². The van der Waals surface area contributed by atoms with E-state index in [4.69, 9.17) is 5.73 Å². The predicted octanol–water partition coefficient (Wildman–Crippen LogP) is 1.73. The molecule has 0 heterocycles. The molecule has 1 aromatic rings. The highest BCUT2D eigenvalue weighted by Crippen LogP contribution is 2.05. The van der Waals surface area contributed by atoms with Gasteiger partial charge in [0.05, 0.1) is 7.11 Å². The van der Waals surface area contributed by atoms with Crippen LogP contribution in [0.15, 0.2) is 24.3 Å². The maximum Gasteiger partial charge on any atom is 0.305 e. The van der Waals surface area contributed by atoms with Gasteiger partial charge in [0, 0.05) is 24.2 Å². The number of rotatable bonds is 7. The molecule has 1 rings (SSSR count). The first-order valence-corrected chi connectivity index (χ1v) is 6.34. The normalized spacial score (nSPS) is 9.95. The van der Waals surface area contributed by atoms with E-state index in [0.29, 0.717) is 24.2 Å². The number of nitrogens with one attached hydrogen (secondary N) is 1. The fourth-order valence-corrected chi connectivity index (χ4v) is 1.61. The van der Waals surface area contributed by atoms with E-state index in [1.165, 1.54) is 7.11 Å². The summed E-state index contributed by atoms with van der Waals surface area (Å²) in [5.74, 6) is -0.293. The zero-order valence-electron chi connectivity index (χ0n) is 11.1. The van der Waals surface area contributed by atoms with Crippen LogP contribution in [0, 0.1) is 0 Å². The first-order valence-electron chi connectivity index (χ1n) is 6.34. The van der Waals surface area contributed by atoms with Gasteiger partial charge in [-0.25, -0.2) is 0 Å². The second kappa shape index (κ2) is 8.13. The average molecular weight is 264 g/mol. The number of esters is 1. The van der Waals surface area contributed by atoms with E-state index in [1.807, 2.05) is 0 Å². The van der Waals surface area contributed by atoms with Gasteiger partial charge < -0.3 is 15.8 Å². The monoisotopic (exact) mass is 264 g/mol. The van der Waals surface area contributed by atoms with Gasteiger partial charge in [-0.1, -0.05) is 6.42 Å². The molecule has 0 saturated carbocycles. The number of carbonyl (C=O) groups excluding carboxylic acids is 2. The average Bonchev–Trinajstić information content (AvgIpc) is 2.42. The molecule has 104 valence electrons. The SMILES string of the molecule is COC(=O)CCCCCNC(=O)c1ccc(N)cc1. The van der Waals surface area contributed by atoms with Gasteiger partial charge in [0.1, 0.15) is 0 Å². The lowest BCUT2D eigenvalue weighted by Crippen LogP contribution is -2.24. The molecule has 0 fully saturated rings. The van der Waals surface area contributed by atoms with E-state index in [-0.39, 0.29) is 11.9 Å². The number of anilines is 1. The van der Waals surface area contributed by atoms with Crippen molar-refractivity contribution in [2.24, 2.45) is 0 Å². The number of methoxy groups -OCH3 is 1. The molecule has 5 heteroatoms. The van der Waals surface area contributed by atoms with Crippen molar-refractivity contribution in [2.45, 2.75) is 25.7 Å². The van der Waals surface area contributed by atoms with Crippen LogP contribution in [0.2, 0.25) is 0 Å². The Bertz CT molecular complexity index is 415. The van der Waals surface area contributed by atoms with E-state index in [9.17, 15) is 9.59 Å². The molecule has 1 amide bonds. The lowest BCUT2D eigenvalue weighted by molar-refractivity contribution is -0.140. The van der Waals surface area contributed by atoms with Gasteiger partial charge in [-0.3, -0.25) is 9.59 Å². The van der Waals surface area contributed by atoms with Gasteiger partial charge in [-0.15, -0.1) is 0 Å². The van der Waals surface area contributed by atoms with Crippen molar-refractivity contribution in [1.29, 1.82) is 0 Å². The molecule has 19 heavy (non-hydrogen) atoms. The molecular formula is C14H20N2O3. The first kappa shape index (κ1) is 15.0. The van der Waals surface area contributed by atoms with Crippen LogP contribution in [0.4, 0.5) is 5.69 Å². The van der Waals surface area contributed by atoms with Gasteiger partial charge >= 0.3 is 5.97 Å². The minimum absolute atomic E-state index is 0.104. The summed E-state index contributed by atoms with van der Waals surface area (Å²) in [6.45, 7) is 0.602. The van der Waals surface area contributed by atoms with Crippen molar-refractivity contribution in [2.75, 3.05) is 19.4 Å². The number of amides is 1. The second-order valence-corrected chi connectivity index (χ2v) is 4.26. The Morgan fingerprint density at radius 1 is 1.16 bits per heavy atom. The van der Waals surface area contributed by atoms with Crippen LogP contribution in [-0.2, 0) is 9.53 Å². The number of ether oxygens (including phenoxy) is 1. The maximum absolute atomic E-state index is 11.7. The summed E-state index contributed by atoms with van der Waals surface area (Å²) in [6.07, 6.45) is 2.95. The third kappa shape index (κ3) is 5.90. The largest absolute Gasteiger partial charge is 0.469 e. The third-order valence-electron chi connectivity index (χ3n) is 2.74. The van der Waals surface area contributed by atoms with Crippen molar-refractivity contribution in [3.05, 3.63) is 29.8 Å². The van der Waals surface area contributed by atoms with Crippen LogP contribution in [0.3, 0.4) is 0 Å². The van der Waals surface area contributed by atoms with Crippen molar-refractivity contribution >= 4 is 17.6 Å². The van der Waals surface area contributed by atoms with E-state index in [2.05, 4.69) is 10.1 Å². The van der Waals surface area contributed by atoms with Crippen molar-refractivity contribution in [3.63, 3.8) is 0 Å². The van der Waals surface area contributed by atoms with E-state index in [1.54, 1.807) is 24.3 Å². The Labute approximate surface area is 113 Å². The maximum atomic E-state index is 11.7. The zero-order valence-corrected chi connectivity index (χ0v) is 11.1. The summed E-state index contributed by atoms with van der Waals surface area (Å²) < 4.78 is 4.54. The van der Waals surface area contributed by atoms with Crippen molar-refractivity contribution < 1.29 is 14.3 Å². The van der Waals surface area contributed by atoms with Crippen LogP contribution in [0.1, 0.15) is 36.0 Å². The van der Waals surface area contributed by atoms with Gasteiger partial charge in [0.2, 0.25) is 0 Å². The molecule has 0 aromatic heterocycles. The van der Waals surface area contributed by atoms with Crippen LogP contribution >= 0.6 is 0 Å². The molecule has 0 saturated heterocycles. The first-order chi connectivity index (χ1) is 9.13. The molecule has 0 aliphatic heterocycles. The molecule has 1 aromatic carbocycles. The molecule has 3 N–H and O–H groups in total. The van der Waals surface area contributed by atoms with E-state index in [0.717, 1.165) is 19.3 Å². The van der Waals surface area contributed by atoms with Crippen molar-refractivity contribution in [1.82, 2.24) is 5.32 Å². The van der Waals surface area contributed by atoms with E-state index >= 15 is 0 Å². The summed E-state index contributed by atoms with van der Waals surface area (Å²) in [4.78, 5) is 22.6. The lowest BCUT2D eigenvalue weighted by Gasteiger charge is -2.05. The topological polar surface area (TPSA) is 81.4 Å². The molecule has 0 spiro atoms. The Balaban J connectivity index is 2.14. The molecular weight excluding hydrogens is 244 g/mol. The molecule has 0 unspecified atom stereocenters. The minimum Gasteiger partial charge on any atom is -0.469 e. The summed E-state index contributed by atoms with van der Waals surface area (Å²) in [5.41, 5.74) is 6.79. The van der Waals surface area contributed by atoms with Gasteiger partial charge in [0.25, 0.3) is 5.91 Å². The van der Waals surface area contributed by atoms with Gasteiger partial charge in [-0.2, -0.15) is 0 Å². The molecule has 0 radical (unpaired) electrons. The Kier molecular flexibility index (Phi) is 6.43. The fraction of sp³-hybridized carbons (Fsp3) is 0.429.